The Bertz CT molecular complexity index is 658. The molecule has 0 spiro atoms. The summed E-state index contributed by atoms with van der Waals surface area (Å²) in [7, 11) is 1.76. The van der Waals surface area contributed by atoms with Crippen molar-refractivity contribution in [2.24, 2.45) is 23.7 Å². The summed E-state index contributed by atoms with van der Waals surface area (Å²) in [5.41, 5.74) is 0. The van der Waals surface area contributed by atoms with Gasteiger partial charge in [-0.2, -0.15) is 0 Å². The van der Waals surface area contributed by atoms with E-state index in [1.54, 1.807) is 18.4 Å². The standard InChI is InChI=1S/C19H22OS/c1-20-16-3-2-13-9-18(21-17(13)10-16)19-14-5-11-4-12(7-14)8-15(19)6-11/h2-3,9-12,14-15,19H,4-8H2,1H3. The number of rotatable bonds is 2. The van der Waals surface area contributed by atoms with Crippen LogP contribution in [0.3, 0.4) is 0 Å². The van der Waals surface area contributed by atoms with E-state index in [0.29, 0.717) is 0 Å². The molecule has 4 aliphatic rings. The van der Waals surface area contributed by atoms with Crippen LogP contribution in [0.2, 0.25) is 0 Å². The van der Waals surface area contributed by atoms with E-state index < -0.39 is 0 Å². The quantitative estimate of drug-likeness (QED) is 0.716. The molecule has 1 heterocycles. The summed E-state index contributed by atoms with van der Waals surface area (Å²) in [5.74, 6) is 5.95. The van der Waals surface area contributed by atoms with Crippen LogP contribution in [0.5, 0.6) is 5.75 Å². The highest BCUT2D eigenvalue weighted by Gasteiger charge is 2.48. The van der Waals surface area contributed by atoms with Crippen molar-refractivity contribution >= 4 is 21.4 Å². The minimum Gasteiger partial charge on any atom is -0.497 e. The van der Waals surface area contributed by atoms with Crippen molar-refractivity contribution in [3.8, 4) is 5.75 Å². The van der Waals surface area contributed by atoms with Crippen LogP contribution >= 0.6 is 11.3 Å². The average Bonchev–Trinajstić information content (AvgIpc) is 2.88. The first kappa shape index (κ1) is 12.5. The molecular weight excluding hydrogens is 276 g/mol. The van der Waals surface area contributed by atoms with Gasteiger partial charge in [0.25, 0.3) is 0 Å². The van der Waals surface area contributed by atoms with E-state index in [2.05, 4.69) is 24.3 Å². The number of fused-ring (bicyclic) bond motifs is 1. The number of benzene rings is 1. The molecular formula is C19H22OS. The lowest BCUT2D eigenvalue weighted by atomic mass is 9.51. The van der Waals surface area contributed by atoms with E-state index in [1.165, 1.54) is 35.8 Å². The van der Waals surface area contributed by atoms with Crippen molar-refractivity contribution in [1.82, 2.24) is 0 Å². The average molecular weight is 298 g/mol. The second-order valence-electron chi connectivity index (χ2n) is 7.51. The van der Waals surface area contributed by atoms with Gasteiger partial charge in [0.05, 0.1) is 7.11 Å². The first-order valence-corrected chi connectivity index (χ1v) is 9.19. The first-order valence-electron chi connectivity index (χ1n) is 8.37. The minimum absolute atomic E-state index is 0.862. The van der Waals surface area contributed by atoms with Crippen LogP contribution in [0.25, 0.3) is 10.1 Å². The molecule has 4 saturated carbocycles. The summed E-state index contributed by atoms with van der Waals surface area (Å²) in [6, 6.07) is 9.01. The maximum Gasteiger partial charge on any atom is 0.120 e. The Kier molecular flexibility index (Phi) is 2.67. The van der Waals surface area contributed by atoms with E-state index in [1.807, 2.05) is 11.3 Å². The number of methoxy groups -OCH3 is 1. The zero-order chi connectivity index (χ0) is 14.0. The van der Waals surface area contributed by atoms with Gasteiger partial charge >= 0.3 is 0 Å². The van der Waals surface area contributed by atoms with Gasteiger partial charge in [-0.15, -0.1) is 11.3 Å². The summed E-state index contributed by atoms with van der Waals surface area (Å²) < 4.78 is 6.78. The van der Waals surface area contributed by atoms with Gasteiger partial charge in [0.2, 0.25) is 0 Å². The monoisotopic (exact) mass is 298 g/mol. The molecule has 0 amide bonds. The minimum atomic E-state index is 0.862. The van der Waals surface area contributed by atoms with E-state index in [-0.39, 0.29) is 0 Å². The van der Waals surface area contributed by atoms with E-state index in [0.717, 1.165) is 35.3 Å². The van der Waals surface area contributed by atoms with Gasteiger partial charge in [0.1, 0.15) is 5.75 Å². The summed E-state index contributed by atoms with van der Waals surface area (Å²) in [5, 5.41) is 1.41. The molecule has 6 rings (SSSR count). The van der Waals surface area contributed by atoms with Gasteiger partial charge in [0, 0.05) is 9.58 Å². The highest BCUT2D eigenvalue weighted by Crippen LogP contribution is 2.60. The largest absolute Gasteiger partial charge is 0.497 e. The van der Waals surface area contributed by atoms with E-state index in [9.17, 15) is 0 Å². The van der Waals surface area contributed by atoms with Crippen LogP contribution in [0.1, 0.15) is 42.9 Å². The summed E-state index contributed by atoms with van der Waals surface area (Å²) >= 11 is 2.03. The Morgan fingerprint density at radius 2 is 1.67 bits per heavy atom. The van der Waals surface area contributed by atoms with Crippen LogP contribution in [-0.2, 0) is 0 Å². The van der Waals surface area contributed by atoms with Crippen LogP contribution in [0.15, 0.2) is 24.3 Å². The first-order chi connectivity index (χ1) is 10.3. The van der Waals surface area contributed by atoms with Crippen molar-refractivity contribution in [1.29, 1.82) is 0 Å². The molecule has 110 valence electrons. The molecule has 0 aliphatic heterocycles. The summed E-state index contributed by atoms with van der Waals surface area (Å²) in [6.07, 6.45) is 7.58. The SMILES string of the molecule is COc1ccc2cc(C3C4CC5CC(C4)CC3C5)sc2c1. The van der Waals surface area contributed by atoms with Crippen molar-refractivity contribution < 1.29 is 4.74 Å². The van der Waals surface area contributed by atoms with Gasteiger partial charge in [-0.1, -0.05) is 0 Å². The zero-order valence-corrected chi connectivity index (χ0v) is 13.4. The maximum atomic E-state index is 5.38. The second-order valence-corrected chi connectivity index (χ2v) is 8.62. The normalized spacial score (nSPS) is 37.3. The third-order valence-corrected chi connectivity index (χ3v) is 7.50. The van der Waals surface area contributed by atoms with Crippen molar-refractivity contribution in [2.75, 3.05) is 7.11 Å². The van der Waals surface area contributed by atoms with Gasteiger partial charge < -0.3 is 4.74 Å². The third-order valence-electron chi connectivity index (χ3n) is 6.30. The van der Waals surface area contributed by atoms with Crippen LogP contribution < -0.4 is 4.74 Å². The molecule has 21 heavy (non-hydrogen) atoms. The molecule has 4 aliphatic carbocycles. The Balaban J connectivity index is 1.55. The number of thiophene rings is 1. The van der Waals surface area contributed by atoms with Gasteiger partial charge in [-0.3, -0.25) is 0 Å². The molecule has 0 saturated heterocycles. The molecule has 0 radical (unpaired) electrons. The molecule has 4 fully saturated rings. The van der Waals surface area contributed by atoms with Crippen LogP contribution in [0, 0.1) is 23.7 Å². The molecule has 4 bridgehead atoms. The summed E-state index contributed by atoms with van der Waals surface area (Å²) in [6.45, 7) is 0. The maximum absolute atomic E-state index is 5.38. The molecule has 0 N–H and O–H groups in total. The van der Waals surface area contributed by atoms with E-state index >= 15 is 0 Å². The van der Waals surface area contributed by atoms with E-state index in [4.69, 9.17) is 4.74 Å². The fourth-order valence-corrected chi connectivity index (χ4v) is 7.09. The predicted octanol–water partition coefficient (Wildman–Crippen LogP) is 5.45. The fourth-order valence-electron chi connectivity index (χ4n) is 5.71. The highest BCUT2D eigenvalue weighted by molar-refractivity contribution is 7.19. The Labute approximate surface area is 130 Å². The molecule has 1 nitrogen and oxygen atoms in total. The van der Waals surface area contributed by atoms with Crippen molar-refractivity contribution in [3.05, 3.63) is 29.1 Å². The lowest BCUT2D eigenvalue weighted by molar-refractivity contribution is -0.00158. The topological polar surface area (TPSA) is 9.23 Å². The van der Waals surface area contributed by atoms with Crippen LogP contribution in [0.4, 0.5) is 0 Å². The second kappa shape index (κ2) is 4.49. The Morgan fingerprint density at radius 3 is 2.33 bits per heavy atom. The lowest BCUT2D eigenvalue weighted by Gasteiger charge is -2.54. The predicted molar refractivity (Wildman–Crippen MR) is 88.2 cm³/mol. The van der Waals surface area contributed by atoms with Crippen molar-refractivity contribution in [2.45, 2.75) is 38.0 Å². The Hall–Kier alpha value is -1.02. The molecule has 0 unspecified atom stereocenters. The van der Waals surface area contributed by atoms with Crippen LogP contribution in [-0.4, -0.2) is 7.11 Å². The van der Waals surface area contributed by atoms with Gasteiger partial charge in [-0.05, 0) is 91.3 Å². The molecule has 1 aromatic heterocycles. The molecule has 0 atom stereocenters. The third kappa shape index (κ3) is 1.88. The molecule has 2 aromatic rings. The highest BCUT2D eigenvalue weighted by atomic mass is 32.1. The number of hydrogen-bond acceptors (Lipinski definition) is 2. The number of ether oxygens (including phenoxy) is 1. The van der Waals surface area contributed by atoms with Gasteiger partial charge in [0.15, 0.2) is 0 Å². The summed E-state index contributed by atoms with van der Waals surface area (Å²) in [4.78, 5) is 1.66. The zero-order valence-electron chi connectivity index (χ0n) is 12.5. The lowest BCUT2D eigenvalue weighted by Crippen LogP contribution is -2.43. The fraction of sp³-hybridized carbons (Fsp3) is 0.579. The number of hydrogen-bond donors (Lipinski definition) is 0. The molecule has 1 aromatic carbocycles. The van der Waals surface area contributed by atoms with Crippen molar-refractivity contribution in [3.63, 3.8) is 0 Å². The smallest absolute Gasteiger partial charge is 0.120 e. The van der Waals surface area contributed by atoms with Gasteiger partial charge in [-0.25, -0.2) is 0 Å². The molecule has 2 heteroatoms. The Morgan fingerprint density at radius 1 is 0.952 bits per heavy atom.